The van der Waals surface area contributed by atoms with Crippen LogP contribution in [0.1, 0.15) is 36.2 Å². The minimum Gasteiger partial charge on any atom is -0.375 e. The number of ether oxygens (including phenoxy) is 1. The Labute approximate surface area is 204 Å². The summed E-state index contributed by atoms with van der Waals surface area (Å²) in [5.74, 6) is 0.327. The summed E-state index contributed by atoms with van der Waals surface area (Å²) in [4.78, 5) is 23.2. The maximum Gasteiger partial charge on any atom is 0.224 e. The average molecular weight is 563 g/mol. The third kappa shape index (κ3) is 9.48. The van der Waals surface area contributed by atoms with Gasteiger partial charge in [-0.05, 0) is 31.5 Å². The molecule has 0 saturated carbocycles. The summed E-state index contributed by atoms with van der Waals surface area (Å²) < 4.78 is 18.2. The highest BCUT2D eigenvalue weighted by Crippen LogP contribution is 2.20. The van der Waals surface area contributed by atoms with Gasteiger partial charge in [-0.3, -0.25) is 9.79 Å². The molecule has 0 saturated heterocycles. The van der Waals surface area contributed by atoms with Crippen molar-refractivity contribution in [1.82, 2.24) is 20.5 Å². The SMILES string of the molecule is CCNC(=NCCNC(=O)Cc1ccc(F)cc1)N(C)Cc1csc(C(C)OC)n1.I. The number of carbonyl (C=O) groups excluding carboxylic acids is 1. The van der Waals surface area contributed by atoms with Crippen LogP contribution in [0.15, 0.2) is 34.6 Å². The molecular formula is C21H31FIN5O2S. The van der Waals surface area contributed by atoms with Gasteiger partial charge in [0.2, 0.25) is 5.91 Å². The molecule has 1 aromatic heterocycles. The first-order chi connectivity index (χ1) is 14.4. The van der Waals surface area contributed by atoms with Crippen LogP contribution in [0.3, 0.4) is 0 Å². The van der Waals surface area contributed by atoms with Gasteiger partial charge in [-0.1, -0.05) is 12.1 Å². The zero-order chi connectivity index (χ0) is 21.9. The number of amides is 1. The highest BCUT2D eigenvalue weighted by atomic mass is 127. The van der Waals surface area contributed by atoms with E-state index in [-0.39, 0.29) is 48.2 Å². The van der Waals surface area contributed by atoms with Crippen molar-refractivity contribution in [3.05, 3.63) is 51.7 Å². The number of carbonyl (C=O) groups is 1. The van der Waals surface area contributed by atoms with Crippen LogP contribution in [-0.4, -0.2) is 55.5 Å². The lowest BCUT2D eigenvalue weighted by Gasteiger charge is -2.21. The molecule has 7 nitrogen and oxygen atoms in total. The van der Waals surface area contributed by atoms with Gasteiger partial charge in [0, 0.05) is 32.6 Å². The number of guanidine groups is 1. The van der Waals surface area contributed by atoms with Crippen LogP contribution >= 0.6 is 35.3 Å². The van der Waals surface area contributed by atoms with E-state index >= 15 is 0 Å². The number of halogens is 2. The van der Waals surface area contributed by atoms with Gasteiger partial charge >= 0.3 is 0 Å². The number of rotatable bonds is 10. The molecular weight excluding hydrogens is 532 g/mol. The third-order valence-corrected chi connectivity index (χ3v) is 5.39. The monoisotopic (exact) mass is 563 g/mol. The van der Waals surface area contributed by atoms with Crippen molar-refractivity contribution in [2.75, 3.05) is 33.8 Å². The van der Waals surface area contributed by atoms with E-state index in [0.717, 1.165) is 28.8 Å². The molecule has 2 rings (SSSR count). The van der Waals surface area contributed by atoms with Gasteiger partial charge in [-0.15, -0.1) is 35.3 Å². The Morgan fingerprint density at radius 3 is 2.68 bits per heavy atom. The molecule has 0 aliphatic rings. The molecule has 0 aliphatic carbocycles. The number of nitrogens with one attached hydrogen (secondary N) is 2. The Hall–Kier alpha value is -1.79. The summed E-state index contributed by atoms with van der Waals surface area (Å²) in [5.41, 5.74) is 1.73. The van der Waals surface area contributed by atoms with Crippen molar-refractivity contribution in [2.45, 2.75) is 32.9 Å². The summed E-state index contributed by atoms with van der Waals surface area (Å²) in [5, 5.41) is 9.08. The number of thiazole rings is 1. The molecule has 2 N–H and O–H groups in total. The predicted octanol–water partition coefficient (Wildman–Crippen LogP) is 3.36. The highest BCUT2D eigenvalue weighted by molar-refractivity contribution is 14.0. The Morgan fingerprint density at radius 1 is 1.32 bits per heavy atom. The fourth-order valence-electron chi connectivity index (χ4n) is 2.68. The van der Waals surface area contributed by atoms with Crippen LogP contribution in [0, 0.1) is 5.82 Å². The lowest BCUT2D eigenvalue weighted by atomic mass is 10.1. The van der Waals surface area contributed by atoms with Gasteiger partial charge < -0.3 is 20.3 Å². The van der Waals surface area contributed by atoms with Crippen molar-refractivity contribution < 1.29 is 13.9 Å². The van der Waals surface area contributed by atoms with E-state index in [1.807, 2.05) is 31.2 Å². The number of aromatic nitrogens is 1. The molecule has 10 heteroatoms. The molecule has 2 aromatic rings. The zero-order valence-electron chi connectivity index (χ0n) is 18.4. The molecule has 31 heavy (non-hydrogen) atoms. The Balaban J connectivity index is 0.00000480. The number of nitrogens with zero attached hydrogens (tertiary/aromatic N) is 3. The van der Waals surface area contributed by atoms with Crippen molar-refractivity contribution >= 4 is 47.2 Å². The minimum atomic E-state index is -0.310. The summed E-state index contributed by atoms with van der Waals surface area (Å²) >= 11 is 1.58. The number of hydrogen-bond donors (Lipinski definition) is 2. The molecule has 1 heterocycles. The maximum absolute atomic E-state index is 12.9. The Kier molecular flexibility index (Phi) is 12.6. The maximum atomic E-state index is 12.9. The molecule has 0 radical (unpaired) electrons. The summed E-state index contributed by atoms with van der Waals surface area (Å²) in [6.45, 7) is 6.22. The molecule has 1 unspecified atom stereocenters. The first-order valence-corrected chi connectivity index (χ1v) is 10.8. The van der Waals surface area contributed by atoms with E-state index in [2.05, 4.69) is 20.6 Å². The fraction of sp³-hybridized carbons (Fsp3) is 0.476. The standard InChI is InChI=1S/C21H30FN5O2S.HI/c1-5-23-21(27(3)13-18-14-30-20(26-18)15(2)29-4)25-11-10-24-19(28)12-16-6-8-17(22)9-7-16;/h6-9,14-15H,5,10-13H2,1-4H3,(H,23,25)(H,24,28);1H. The Bertz CT molecular complexity index is 831. The van der Waals surface area contributed by atoms with Crippen LogP contribution < -0.4 is 10.6 Å². The Morgan fingerprint density at radius 2 is 2.03 bits per heavy atom. The van der Waals surface area contributed by atoms with E-state index in [0.29, 0.717) is 19.6 Å². The van der Waals surface area contributed by atoms with E-state index in [9.17, 15) is 9.18 Å². The summed E-state index contributed by atoms with van der Waals surface area (Å²) in [7, 11) is 3.62. The first kappa shape index (κ1) is 27.2. The molecule has 0 bridgehead atoms. The summed E-state index contributed by atoms with van der Waals surface area (Å²) in [6.07, 6.45) is 0.199. The van der Waals surface area contributed by atoms with E-state index < -0.39 is 0 Å². The first-order valence-electron chi connectivity index (χ1n) is 9.90. The molecule has 0 aliphatic heterocycles. The van der Waals surface area contributed by atoms with Crippen molar-refractivity contribution in [3.8, 4) is 0 Å². The number of hydrogen-bond acceptors (Lipinski definition) is 5. The molecule has 1 atom stereocenters. The number of benzene rings is 1. The van der Waals surface area contributed by atoms with E-state index in [1.165, 1.54) is 12.1 Å². The van der Waals surface area contributed by atoms with E-state index in [1.54, 1.807) is 30.6 Å². The molecule has 1 amide bonds. The highest BCUT2D eigenvalue weighted by Gasteiger charge is 2.12. The molecule has 0 spiro atoms. The van der Waals surface area contributed by atoms with Gasteiger partial charge in [-0.25, -0.2) is 9.37 Å². The minimum absolute atomic E-state index is 0. The second-order valence-corrected chi connectivity index (χ2v) is 7.69. The van der Waals surface area contributed by atoms with Crippen LogP contribution in [0.2, 0.25) is 0 Å². The average Bonchev–Trinajstić information content (AvgIpc) is 3.19. The smallest absolute Gasteiger partial charge is 0.224 e. The van der Waals surface area contributed by atoms with Gasteiger partial charge in [0.25, 0.3) is 0 Å². The fourth-order valence-corrected chi connectivity index (χ4v) is 3.52. The molecule has 172 valence electrons. The zero-order valence-corrected chi connectivity index (χ0v) is 21.5. The molecule has 0 fully saturated rings. The van der Waals surface area contributed by atoms with Crippen LogP contribution in [0.25, 0.3) is 0 Å². The number of aliphatic imine (C=N–C) groups is 1. The van der Waals surface area contributed by atoms with Crippen molar-refractivity contribution in [3.63, 3.8) is 0 Å². The second kappa shape index (κ2) is 14.3. The lowest BCUT2D eigenvalue weighted by molar-refractivity contribution is -0.120. The second-order valence-electron chi connectivity index (χ2n) is 6.80. The topological polar surface area (TPSA) is 78.9 Å². The normalized spacial score (nSPS) is 12.1. The predicted molar refractivity (Wildman–Crippen MR) is 134 cm³/mol. The van der Waals surface area contributed by atoms with Crippen molar-refractivity contribution in [1.29, 1.82) is 0 Å². The van der Waals surface area contributed by atoms with Gasteiger partial charge in [0.1, 0.15) is 16.9 Å². The van der Waals surface area contributed by atoms with E-state index in [4.69, 9.17) is 4.74 Å². The molecule has 1 aromatic carbocycles. The van der Waals surface area contributed by atoms with Crippen molar-refractivity contribution in [2.24, 2.45) is 4.99 Å². The largest absolute Gasteiger partial charge is 0.375 e. The van der Waals surface area contributed by atoms with Crippen LogP contribution in [-0.2, 0) is 22.5 Å². The third-order valence-electron chi connectivity index (χ3n) is 4.34. The van der Waals surface area contributed by atoms with Gasteiger partial charge in [-0.2, -0.15) is 0 Å². The number of methoxy groups -OCH3 is 1. The quantitative estimate of drug-likeness (QED) is 0.201. The van der Waals surface area contributed by atoms with Crippen LogP contribution in [0.4, 0.5) is 4.39 Å². The summed E-state index contributed by atoms with van der Waals surface area (Å²) in [6, 6.07) is 5.93. The lowest BCUT2D eigenvalue weighted by Crippen LogP contribution is -2.39. The van der Waals surface area contributed by atoms with Gasteiger partial charge in [0.05, 0.1) is 25.2 Å². The van der Waals surface area contributed by atoms with Gasteiger partial charge in [0.15, 0.2) is 5.96 Å². The van der Waals surface area contributed by atoms with Crippen LogP contribution in [0.5, 0.6) is 0 Å².